The van der Waals surface area contributed by atoms with Gasteiger partial charge in [-0.15, -0.1) is 0 Å². The second-order valence-electron chi connectivity index (χ2n) is 4.93. The average Bonchev–Trinajstić information content (AvgIpc) is 2.94. The predicted molar refractivity (Wildman–Crippen MR) is 67.6 cm³/mol. The van der Waals surface area contributed by atoms with E-state index in [9.17, 15) is 14.0 Å². The monoisotopic (exact) mass is 272 g/mol. The molecule has 1 atom stereocenters. The summed E-state index contributed by atoms with van der Waals surface area (Å²) in [5.41, 5.74) is 0.464. The van der Waals surface area contributed by atoms with Gasteiger partial charge in [-0.25, -0.2) is 4.39 Å². The molecular formula is C13H9FN4O2. The third kappa shape index (κ3) is 1.19. The second kappa shape index (κ2) is 3.44. The van der Waals surface area contributed by atoms with E-state index in [0.29, 0.717) is 22.6 Å². The molecule has 100 valence electrons. The number of hydrogen-bond acceptors (Lipinski definition) is 3. The van der Waals surface area contributed by atoms with Crippen LogP contribution in [-0.4, -0.2) is 22.0 Å². The molecule has 0 saturated heterocycles. The van der Waals surface area contributed by atoms with Crippen molar-refractivity contribution in [3.05, 3.63) is 41.3 Å². The summed E-state index contributed by atoms with van der Waals surface area (Å²) in [5, 5.41) is 11.8. The Bertz CT molecular complexity index is 769. The Morgan fingerprint density at radius 1 is 1.20 bits per heavy atom. The maximum atomic E-state index is 13.3. The van der Waals surface area contributed by atoms with Gasteiger partial charge in [0, 0.05) is 17.7 Å². The van der Waals surface area contributed by atoms with Crippen molar-refractivity contribution in [1.82, 2.24) is 10.2 Å². The van der Waals surface area contributed by atoms with Gasteiger partial charge in [-0.1, -0.05) is 6.07 Å². The molecule has 1 aromatic carbocycles. The van der Waals surface area contributed by atoms with Crippen LogP contribution in [0.15, 0.2) is 24.4 Å². The van der Waals surface area contributed by atoms with Crippen molar-refractivity contribution in [2.75, 3.05) is 10.6 Å². The van der Waals surface area contributed by atoms with E-state index in [1.165, 1.54) is 24.4 Å². The van der Waals surface area contributed by atoms with Gasteiger partial charge < -0.3 is 10.6 Å². The van der Waals surface area contributed by atoms with Gasteiger partial charge in [-0.05, 0) is 17.7 Å². The van der Waals surface area contributed by atoms with Crippen molar-refractivity contribution >= 4 is 23.3 Å². The summed E-state index contributed by atoms with van der Waals surface area (Å²) < 4.78 is 13.3. The molecule has 0 fully saturated rings. The lowest BCUT2D eigenvalue weighted by atomic mass is 9.72. The van der Waals surface area contributed by atoms with Crippen molar-refractivity contribution in [3.63, 3.8) is 0 Å². The van der Waals surface area contributed by atoms with Crippen LogP contribution in [0.5, 0.6) is 0 Å². The van der Waals surface area contributed by atoms with Gasteiger partial charge in [0.2, 0.25) is 11.8 Å². The molecule has 1 aromatic heterocycles. The number of halogens is 1. The van der Waals surface area contributed by atoms with Crippen LogP contribution < -0.4 is 10.6 Å². The molecule has 2 aliphatic rings. The van der Waals surface area contributed by atoms with Gasteiger partial charge in [0.1, 0.15) is 17.1 Å². The largest absolute Gasteiger partial charge is 0.325 e. The van der Waals surface area contributed by atoms with E-state index in [1.807, 2.05) is 0 Å². The summed E-state index contributed by atoms with van der Waals surface area (Å²) in [6.45, 7) is 0. The highest BCUT2D eigenvalue weighted by Gasteiger charge is 2.53. The fourth-order valence-electron chi connectivity index (χ4n) is 3.01. The van der Waals surface area contributed by atoms with Crippen molar-refractivity contribution in [1.29, 1.82) is 0 Å². The fourth-order valence-corrected chi connectivity index (χ4v) is 3.01. The van der Waals surface area contributed by atoms with Crippen LogP contribution in [0, 0.1) is 5.82 Å². The molecule has 7 heteroatoms. The number of nitrogens with one attached hydrogen (secondary N) is 3. The molecule has 2 aliphatic heterocycles. The van der Waals surface area contributed by atoms with E-state index in [1.54, 1.807) is 0 Å². The van der Waals surface area contributed by atoms with Crippen LogP contribution >= 0.6 is 0 Å². The van der Waals surface area contributed by atoms with E-state index in [0.717, 1.165) is 0 Å². The lowest BCUT2D eigenvalue weighted by Crippen LogP contribution is -2.43. The van der Waals surface area contributed by atoms with Gasteiger partial charge in [0.15, 0.2) is 0 Å². The maximum Gasteiger partial charge on any atom is 0.240 e. The van der Waals surface area contributed by atoms with Crippen LogP contribution in [0.4, 0.5) is 15.9 Å². The Kier molecular flexibility index (Phi) is 1.92. The zero-order chi connectivity index (χ0) is 13.9. The number of anilines is 2. The number of H-pyrrole nitrogens is 1. The van der Waals surface area contributed by atoms with Crippen LogP contribution in [0.25, 0.3) is 0 Å². The van der Waals surface area contributed by atoms with Crippen LogP contribution in [0.1, 0.15) is 17.5 Å². The maximum absolute atomic E-state index is 13.3. The number of nitrogens with zero attached hydrogens (tertiary/aromatic N) is 1. The molecule has 1 unspecified atom stereocenters. The number of hydrogen-bond donors (Lipinski definition) is 3. The topological polar surface area (TPSA) is 86.9 Å². The molecule has 3 N–H and O–H groups in total. The number of carbonyl (C=O) groups excluding carboxylic acids is 2. The van der Waals surface area contributed by atoms with Crippen molar-refractivity contribution in [3.8, 4) is 0 Å². The molecule has 6 nitrogen and oxygen atoms in total. The fraction of sp³-hybridized carbons (Fsp3) is 0.154. The third-order valence-corrected chi connectivity index (χ3v) is 3.87. The number of benzene rings is 1. The quantitative estimate of drug-likeness (QED) is 0.672. The molecule has 0 radical (unpaired) electrons. The van der Waals surface area contributed by atoms with Gasteiger partial charge in [0.05, 0.1) is 6.20 Å². The van der Waals surface area contributed by atoms with Crippen molar-refractivity contribution in [2.45, 2.75) is 11.8 Å². The van der Waals surface area contributed by atoms with Crippen LogP contribution in [0.3, 0.4) is 0 Å². The van der Waals surface area contributed by atoms with Crippen molar-refractivity contribution in [2.24, 2.45) is 0 Å². The van der Waals surface area contributed by atoms with E-state index < -0.39 is 11.2 Å². The molecule has 1 spiro atoms. The summed E-state index contributed by atoms with van der Waals surface area (Å²) in [6.07, 6.45) is 1.50. The highest BCUT2D eigenvalue weighted by Crippen LogP contribution is 2.49. The normalized spacial score (nSPS) is 23.2. The molecule has 0 bridgehead atoms. The van der Waals surface area contributed by atoms with Crippen LogP contribution in [-0.2, 0) is 15.0 Å². The Balaban J connectivity index is 2.03. The first-order valence-electron chi connectivity index (χ1n) is 6.06. The Morgan fingerprint density at radius 2 is 2.05 bits per heavy atom. The first-order valence-corrected chi connectivity index (χ1v) is 6.06. The predicted octanol–water partition coefficient (Wildman–Crippen LogP) is 1.13. The highest BCUT2D eigenvalue weighted by molar-refractivity contribution is 6.14. The number of rotatable bonds is 0. The summed E-state index contributed by atoms with van der Waals surface area (Å²) in [7, 11) is 0. The standard InChI is InChI=1S/C13H9FN4O2/c14-6-1-2-7-9(3-6)16-12(20)13(7)4-10(19)17-11-8(13)5-15-18-11/h1-3,5H,4H2,(H,16,20)(H2,15,17,18,19). The van der Waals surface area contributed by atoms with Gasteiger partial charge in [-0.3, -0.25) is 14.7 Å². The smallest absolute Gasteiger partial charge is 0.240 e. The SMILES string of the molecule is O=C1CC2(C(=O)Nc3cc(F)ccc32)c2cn[nH]c2N1. The number of fused-ring (bicyclic) bond motifs is 4. The molecular weight excluding hydrogens is 263 g/mol. The summed E-state index contributed by atoms with van der Waals surface area (Å²) in [4.78, 5) is 24.4. The highest BCUT2D eigenvalue weighted by atomic mass is 19.1. The van der Waals surface area contributed by atoms with E-state index in [4.69, 9.17) is 0 Å². The Hall–Kier alpha value is -2.70. The summed E-state index contributed by atoms with van der Waals surface area (Å²) in [6, 6.07) is 4.08. The first-order chi connectivity index (χ1) is 9.61. The summed E-state index contributed by atoms with van der Waals surface area (Å²) >= 11 is 0. The minimum atomic E-state index is -1.13. The van der Waals surface area contributed by atoms with E-state index >= 15 is 0 Å². The Morgan fingerprint density at radius 3 is 2.90 bits per heavy atom. The number of aromatic amines is 1. The zero-order valence-corrected chi connectivity index (χ0v) is 10.2. The molecule has 20 heavy (non-hydrogen) atoms. The molecule has 2 amide bonds. The van der Waals surface area contributed by atoms with Crippen molar-refractivity contribution < 1.29 is 14.0 Å². The summed E-state index contributed by atoms with van der Waals surface area (Å²) in [5.74, 6) is -0.646. The molecule has 0 saturated carbocycles. The number of aromatic nitrogens is 2. The molecule has 3 heterocycles. The van der Waals surface area contributed by atoms with E-state index in [2.05, 4.69) is 20.8 Å². The van der Waals surface area contributed by atoms with Gasteiger partial charge in [0.25, 0.3) is 0 Å². The molecule has 2 aromatic rings. The lowest BCUT2D eigenvalue weighted by Gasteiger charge is -2.30. The minimum absolute atomic E-state index is 0.0238. The number of carbonyl (C=O) groups is 2. The average molecular weight is 272 g/mol. The van der Waals surface area contributed by atoms with Gasteiger partial charge in [-0.2, -0.15) is 5.10 Å². The molecule has 0 aliphatic carbocycles. The minimum Gasteiger partial charge on any atom is -0.325 e. The third-order valence-electron chi connectivity index (χ3n) is 3.87. The lowest BCUT2D eigenvalue weighted by molar-refractivity contribution is -0.125. The van der Waals surface area contributed by atoms with E-state index in [-0.39, 0.29) is 18.2 Å². The Labute approximate surface area is 112 Å². The zero-order valence-electron chi connectivity index (χ0n) is 10.2. The van der Waals surface area contributed by atoms with Crippen LogP contribution in [0.2, 0.25) is 0 Å². The molecule has 4 rings (SSSR count). The van der Waals surface area contributed by atoms with Gasteiger partial charge >= 0.3 is 0 Å². The first kappa shape index (κ1) is 11.2. The second-order valence-corrected chi connectivity index (χ2v) is 4.93. The number of amides is 2.